The van der Waals surface area contributed by atoms with Crippen molar-refractivity contribution in [2.75, 3.05) is 0 Å². The van der Waals surface area contributed by atoms with Crippen LogP contribution in [-0.2, 0) is 0 Å². The van der Waals surface area contributed by atoms with Gasteiger partial charge < -0.3 is 0 Å². The number of hydrogen-bond acceptors (Lipinski definition) is 0. The molecule has 0 heterocycles. The molecule has 0 bridgehead atoms. The van der Waals surface area contributed by atoms with E-state index in [0.29, 0.717) is 5.92 Å². The Morgan fingerprint density at radius 3 is 2.57 bits per heavy atom. The van der Waals surface area contributed by atoms with E-state index in [4.69, 9.17) is 0 Å². The van der Waals surface area contributed by atoms with Crippen molar-refractivity contribution in [3.63, 3.8) is 0 Å². The molecule has 0 aromatic rings. The third kappa shape index (κ3) is 8.09. The van der Waals surface area contributed by atoms with Gasteiger partial charge in [-0.15, -0.1) is 0 Å². The molecule has 0 amide bonds. The van der Waals surface area contributed by atoms with Gasteiger partial charge in [-0.25, -0.2) is 0 Å². The summed E-state index contributed by atoms with van der Waals surface area (Å²) in [5.41, 5.74) is 4.47. The monoisotopic (exact) mass is 288 g/mol. The summed E-state index contributed by atoms with van der Waals surface area (Å²) in [6, 6.07) is 0. The number of hydrogen-bond donors (Lipinski definition) is 0. The molecule has 0 aromatic heterocycles. The minimum atomic E-state index is 0.677. The van der Waals surface area contributed by atoms with E-state index in [1.165, 1.54) is 31.3 Å². The Hall–Kier alpha value is -1.04. The van der Waals surface area contributed by atoms with Crippen molar-refractivity contribution in [3.05, 3.63) is 47.1 Å². The topological polar surface area (TPSA) is 0 Å². The van der Waals surface area contributed by atoms with Crippen LogP contribution in [0.15, 0.2) is 47.1 Å². The molecule has 0 spiro atoms. The number of rotatable bonds is 5. The van der Waals surface area contributed by atoms with Crippen molar-refractivity contribution >= 4 is 0 Å². The summed E-state index contributed by atoms with van der Waals surface area (Å²) in [4.78, 5) is 0. The summed E-state index contributed by atoms with van der Waals surface area (Å²) in [5.74, 6) is 1.41. The van der Waals surface area contributed by atoms with Gasteiger partial charge in [-0.3, -0.25) is 0 Å². The van der Waals surface area contributed by atoms with Crippen LogP contribution in [0.4, 0.5) is 0 Å². The lowest BCUT2D eigenvalue weighted by molar-refractivity contribution is 0.546. The van der Waals surface area contributed by atoms with E-state index in [0.717, 1.165) is 5.92 Å². The minimum absolute atomic E-state index is 0.677. The highest BCUT2D eigenvalue weighted by Crippen LogP contribution is 2.30. The fraction of sp³-hybridized carbons (Fsp3) is 0.619. The predicted molar refractivity (Wildman–Crippen MR) is 98.6 cm³/mol. The molecule has 0 fully saturated rings. The molecule has 0 aliphatic heterocycles. The quantitative estimate of drug-likeness (QED) is 0.467. The van der Waals surface area contributed by atoms with Crippen LogP contribution < -0.4 is 0 Å². The second-order valence-electron chi connectivity index (χ2n) is 6.04. The molecule has 2 unspecified atom stereocenters. The van der Waals surface area contributed by atoms with Crippen molar-refractivity contribution < 1.29 is 0 Å². The first kappa shape index (κ1) is 20.0. The molecule has 0 aromatic carbocycles. The first-order valence-electron chi connectivity index (χ1n) is 8.77. The second kappa shape index (κ2) is 11.6. The Labute approximate surface area is 133 Å². The third-order valence-electron chi connectivity index (χ3n) is 4.18. The Bertz CT molecular complexity index is 390. The highest BCUT2D eigenvalue weighted by Gasteiger charge is 2.14. The minimum Gasteiger partial charge on any atom is -0.0817 e. The molecular weight excluding hydrogens is 252 g/mol. The van der Waals surface area contributed by atoms with Gasteiger partial charge in [-0.1, -0.05) is 82.6 Å². The van der Waals surface area contributed by atoms with Gasteiger partial charge in [0.1, 0.15) is 0 Å². The van der Waals surface area contributed by atoms with Crippen LogP contribution in [0.3, 0.4) is 0 Å². The van der Waals surface area contributed by atoms with Crippen LogP contribution >= 0.6 is 0 Å². The average molecular weight is 289 g/mol. The van der Waals surface area contributed by atoms with Crippen LogP contribution in [0.25, 0.3) is 0 Å². The van der Waals surface area contributed by atoms with E-state index in [-0.39, 0.29) is 0 Å². The lowest BCUT2D eigenvalue weighted by Gasteiger charge is -2.22. The molecule has 0 nitrogen and oxygen atoms in total. The summed E-state index contributed by atoms with van der Waals surface area (Å²) < 4.78 is 0. The standard InChI is InChI=1S/C19H30.C2H6/c1-6-15(2)9-7-10-16(3)13-14-19-17(4)11-8-12-18(19)5;1-2/h7,9-10,13-15,17H,6,8,11-12H2,1-5H3;1-2H3/b9-7+,14-13+,16-10+;. The molecular formula is C21H36. The van der Waals surface area contributed by atoms with Crippen molar-refractivity contribution in [1.82, 2.24) is 0 Å². The van der Waals surface area contributed by atoms with Crippen molar-refractivity contribution in [3.8, 4) is 0 Å². The fourth-order valence-corrected chi connectivity index (χ4v) is 2.51. The molecule has 120 valence electrons. The SMILES string of the molecule is CC.CCC(C)/C=C/C=C(C)/C=C/C1=C(C)CCCC1C. The molecule has 0 radical (unpaired) electrons. The summed E-state index contributed by atoms with van der Waals surface area (Å²) in [6.45, 7) is 15.3. The molecule has 1 rings (SSSR count). The van der Waals surface area contributed by atoms with E-state index in [1.807, 2.05) is 13.8 Å². The summed E-state index contributed by atoms with van der Waals surface area (Å²) in [6.07, 6.45) is 16.5. The maximum absolute atomic E-state index is 2.35. The van der Waals surface area contributed by atoms with Gasteiger partial charge >= 0.3 is 0 Å². The average Bonchev–Trinajstić information content (AvgIpc) is 2.48. The van der Waals surface area contributed by atoms with Crippen LogP contribution in [0, 0.1) is 11.8 Å². The van der Waals surface area contributed by atoms with Gasteiger partial charge in [0.2, 0.25) is 0 Å². The molecule has 1 aliphatic carbocycles. The molecule has 0 saturated heterocycles. The predicted octanol–water partition coefficient (Wildman–Crippen LogP) is 7.25. The number of allylic oxidation sites excluding steroid dienone is 8. The third-order valence-corrected chi connectivity index (χ3v) is 4.18. The summed E-state index contributed by atoms with van der Waals surface area (Å²) in [5, 5.41) is 0. The van der Waals surface area contributed by atoms with Crippen LogP contribution in [-0.4, -0.2) is 0 Å². The maximum atomic E-state index is 2.35. The van der Waals surface area contributed by atoms with Gasteiger partial charge in [-0.2, -0.15) is 0 Å². The molecule has 1 aliphatic rings. The lowest BCUT2D eigenvalue weighted by atomic mass is 9.84. The Balaban J connectivity index is 0.00000191. The molecule has 2 atom stereocenters. The Kier molecular flexibility index (Phi) is 11.0. The zero-order valence-electron chi connectivity index (χ0n) is 15.4. The van der Waals surface area contributed by atoms with Gasteiger partial charge in [0.15, 0.2) is 0 Å². The zero-order valence-corrected chi connectivity index (χ0v) is 15.4. The fourth-order valence-electron chi connectivity index (χ4n) is 2.51. The van der Waals surface area contributed by atoms with Crippen molar-refractivity contribution in [1.29, 1.82) is 0 Å². The van der Waals surface area contributed by atoms with Gasteiger partial charge in [0, 0.05) is 0 Å². The van der Waals surface area contributed by atoms with E-state index in [9.17, 15) is 0 Å². The summed E-state index contributed by atoms with van der Waals surface area (Å²) in [7, 11) is 0. The highest BCUT2D eigenvalue weighted by atomic mass is 14.2. The Morgan fingerprint density at radius 1 is 1.33 bits per heavy atom. The van der Waals surface area contributed by atoms with Gasteiger partial charge in [-0.05, 0) is 50.5 Å². The lowest BCUT2D eigenvalue weighted by Crippen LogP contribution is -2.06. The summed E-state index contributed by atoms with van der Waals surface area (Å²) >= 11 is 0. The largest absolute Gasteiger partial charge is 0.0817 e. The van der Waals surface area contributed by atoms with Gasteiger partial charge in [0.25, 0.3) is 0 Å². The van der Waals surface area contributed by atoms with Crippen molar-refractivity contribution in [2.45, 2.75) is 74.1 Å². The van der Waals surface area contributed by atoms with E-state index in [2.05, 4.69) is 65.0 Å². The molecule has 21 heavy (non-hydrogen) atoms. The highest BCUT2D eigenvalue weighted by molar-refractivity contribution is 5.34. The molecule has 0 saturated carbocycles. The van der Waals surface area contributed by atoms with E-state index in [1.54, 1.807) is 11.1 Å². The second-order valence-corrected chi connectivity index (χ2v) is 6.04. The smallest absolute Gasteiger partial charge is 0.0191 e. The Morgan fingerprint density at radius 2 is 2.00 bits per heavy atom. The van der Waals surface area contributed by atoms with E-state index >= 15 is 0 Å². The molecule has 0 N–H and O–H groups in total. The molecule has 0 heteroatoms. The first-order chi connectivity index (χ1) is 10.0. The van der Waals surface area contributed by atoms with Crippen molar-refractivity contribution in [2.24, 2.45) is 11.8 Å². The van der Waals surface area contributed by atoms with Gasteiger partial charge in [0.05, 0.1) is 0 Å². The van der Waals surface area contributed by atoms with E-state index < -0.39 is 0 Å². The first-order valence-corrected chi connectivity index (χ1v) is 8.77. The normalized spacial score (nSPS) is 21.7. The van der Waals surface area contributed by atoms with Crippen LogP contribution in [0.5, 0.6) is 0 Å². The zero-order chi connectivity index (χ0) is 16.3. The van der Waals surface area contributed by atoms with Crippen LogP contribution in [0.1, 0.15) is 74.1 Å². The van der Waals surface area contributed by atoms with Crippen LogP contribution in [0.2, 0.25) is 0 Å². The maximum Gasteiger partial charge on any atom is -0.0191 e.